The Morgan fingerprint density at radius 3 is 2.55 bits per heavy atom. The Morgan fingerprint density at radius 1 is 1.25 bits per heavy atom. The van der Waals surface area contributed by atoms with Crippen LogP contribution in [0, 0.1) is 5.82 Å². The number of halogens is 1. The molecule has 1 rings (SSSR count). The number of amides is 1. The number of hydrogen-bond acceptors (Lipinski definition) is 3. The smallest absolute Gasteiger partial charge is 0.255 e. The number of para-hydroxylation sites is 1. The summed E-state index contributed by atoms with van der Waals surface area (Å²) in [5.74, 6) is -0.543. The Kier molecular flexibility index (Phi) is 6.45. The summed E-state index contributed by atoms with van der Waals surface area (Å²) < 4.78 is 13.8. The van der Waals surface area contributed by atoms with Crippen LogP contribution in [-0.4, -0.2) is 56.5 Å². The summed E-state index contributed by atoms with van der Waals surface area (Å²) in [4.78, 5) is 16.1. The minimum absolute atomic E-state index is 0.154. The molecule has 4 nitrogen and oxygen atoms in total. The van der Waals surface area contributed by atoms with E-state index in [4.69, 9.17) is 0 Å². The monoisotopic (exact) mass is 281 g/mol. The molecule has 0 unspecified atom stereocenters. The van der Waals surface area contributed by atoms with Gasteiger partial charge in [0.25, 0.3) is 5.91 Å². The molecule has 0 heterocycles. The van der Waals surface area contributed by atoms with Crippen LogP contribution in [-0.2, 0) is 0 Å². The molecule has 1 N–H and O–H groups in total. The van der Waals surface area contributed by atoms with Gasteiger partial charge in [0.2, 0.25) is 0 Å². The summed E-state index contributed by atoms with van der Waals surface area (Å²) in [6, 6.07) is 4.59. The highest BCUT2D eigenvalue weighted by Crippen LogP contribution is 2.21. The van der Waals surface area contributed by atoms with Crippen LogP contribution in [0.15, 0.2) is 18.2 Å². The number of benzene rings is 1. The zero-order valence-corrected chi connectivity index (χ0v) is 12.7. The van der Waals surface area contributed by atoms with Crippen LogP contribution in [0.2, 0.25) is 0 Å². The number of rotatable bonds is 7. The summed E-state index contributed by atoms with van der Waals surface area (Å²) in [5.41, 5.74) is 0.679. The fourth-order valence-electron chi connectivity index (χ4n) is 1.99. The van der Waals surface area contributed by atoms with E-state index in [0.29, 0.717) is 24.3 Å². The van der Waals surface area contributed by atoms with Gasteiger partial charge >= 0.3 is 0 Å². The topological polar surface area (TPSA) is 35.6 Å². The van der Waals surface area contributed by atoms with Gasteiger partial charge in [0.1, 0.15) is 5.82 Å². The van der Waals surface area contributed by atoms with Crippen molar-refractivity contribution in [1.29, 1.82) is 0 Å². The second-order valence-corrected chi connectivity index (χ2v) is 5.08. The average Bonchev–Trinajstić information content (AvgIpc) is 2.40. The number of carbonyl (C=O) groups is 1. The predicted octanol–water partition coefficient (Wildman–Crippen LogP) is 2.28. The molecule has 0 aliphatic heterocycles. The Bertz CT molecular complexity index is 449. The number of hydrogen-bond donors (Lipinski definition) is 1. The fourth-order valence-corrected chi connectivity index (χ4v) is 1.99. The number of nitrogens with zero attached hydrogens (tertiary/aromatic N) is 2. The normalized spacial score (nSPS) is 10.7. The van der Waals surface area contributed by atoms with Crippen molar-refractivity contribution in [3.05, 3.63) is 29.6 Å². The molecule has 0 spiro atoms. The molecular weight excluding hydrogens is 257 g/mol. The molecule has 0 saturated heterocycles. The third kappa shape index (κ3) is 4.49. The van der Waals surface area contributed by atoms with Gasteiger partial charge in [-0.1, -0.05) is 6.07 Å². The van der Waals surface area contributed by atoms with E-state index in [1.165, 1.54) is 6.07 Å². The molecule has 20 heavy (non-hydrogen) atoms. The van der Waals surface area contributed by atoms with Crippen molar-refractivity contribution < 1.29 is 9.18 Å². The largest absolute Gasteiger partial charge is 0.382 e. The van der Waals surface area contributed by atoms with Gasteiger partial charge in [-0.25, -0.2) is 4.39 Å². The van der Waals surface area contributed by atoms with E-state index < -0.39 is 0 Å². The molecule has 1 aromatic carbocycles. The van der Waals surface area contributed by atoms with E-state index in [2.05, 4.69) is 10.2 Å². The van der Waals surface area contributed by atoms with Crippen molar-refractivity contribution in [2.75, 3.05) is 46.1 Å². The standard InChI is InChI=1S/C15H24FN3O/c1-5-17-14-12(8-6-9-13(14)16)15(20)19(4)11-7-10-18(2)3/h6,8-9,17H,5,7,10-11H2,1-4H3. The van der Waals surface area contributed by atoms with E-state index in [-0.39, 0.29) is 11.7 Å². The molecule has 0 atom stereocenters. The van der Waals surface area contributed by atoms with Crippen molar-refractivity contribution in [3.8, 4) is 0 Å². The quantitative estimate of drug-likeness (QED) is 0.833. The maximum Gasteiger partial charge on any atom is 0.255 e. The first-order chi connectivity index (χ1) is 9.47. The molecule has 0 bridgehead atoms. The van der Waals surface area contributed by atoms with Crippen LogP contribution in [0.5, 0.6) is 0 Å². The highest BCUT2D eigenvalue weighted by molar-refractivity contribution is 5.99. The zero-order chi connectivity index (χ0) is 15.1. The average molecular weight is 281 g/mol. The van der Waals surface area contributed by atoms with Crippen molar-refractivity contribution in [1.82, 2.24) is 9.80 Å². The van der Waals surface area contributed by atoms with Gasteiger partial charge in [0, 0.05) is 20.1 Å². The van der Waals surface area contributed by atoms with Crippen LogP contribution < -0.4 is 5.32 Å². The summed E-state index contributed by atoms with van der Waals surface area (Å²) in [6.45, 7) is 4.02. The second kappa shape index (κ2) is 7.85. The van der Waals surface area contributed by atoms with Gasteiger partial charge in [0.05, 0.1) is 11.3 Å². The van der Waals surface area contributed by atoms with Crippen molar-refractivity contribution in [2.24, 2.45) is 0 Å². The Balaban J connectivity index is 2.78. The molecular formula is C15H24FN3O. The van der Waals surface area contributed by atoms with E-state index >= 15 is 0 Å². The number of anilines is 1. The van der Waals surface area contributed by atoms with Gasteiger partial charge in [-0.15, -0.1) is 0 Å². The lowest BCUT2D eigenvalue weighted by Gasteiger charge is -2.20. The van der Waals surface area contributed by atoms with Gasteiger partial charge in [-0.3, -0.25) is 4.79 Å². The first-order valence-electron chi connectivity index (χ1n) is 6.90. The third-order valence-electron chi connectivity index (χ3n) is 3.04. The van der Waals surface area contributed by atoms with Gasteiger partial charge in [-0.05, 0) is 46.1 Å². The van der Waals surface area contributed by atoms with Gasteiger partial charge in [-0.2, -0.15) is 0 Å². The van der Waals surface area contributed by atoms with Crippen LogP contribution in [0.3, 0.4) is 0 Å². The van der Waals surface area contributed by atoms with Crippen molar-refractivity contribution >= 4 is 11.6 Å². The van der Waals surface area contributed by atoms with E-state index in [9.17, 15) is 9.18 Å². The molecule has 0 fully saturated rings. The first kappa shape index (κ1) is 16.4. The number of carbonyl (C=O) groups excluding carboxylic acids is 1. The lowest BCUT2D eigenvalue weighted by molar-refractivity contribution is 0.0791. The lowest BCUT2D eigenvalue weighted by Crippen LogP contribution is -2.30. The highest BCUT2D eigenvalue weighted by atomic mass is 19.1. The Labute approximate surface area is 120 Å². The van der Waals surface area contributed by atoms with Gasteiger partial charge < -0.3 is 15.1 Å². The molecule has 112 valence electrons. The van der Waals surface area contributed by atoms with Gasteiger partial charge in [0.15, 0.2) is 0 Å². The van der Waals surface area contributed by atoms with Crippen LogP contribution in [0.1, 0.15) is 23.7 Å². The first-order valence-corrected chi connectivity index (χ1v) is 6.90. The third-order valence-corrected chi connectivity index (χ3v) is 3.04. The summed E-state index contributed by atoms with van der Waals surface area (Å²) in [7, 11) is 5.74. The molecule has 0 saturated carbocycles. The Hall–Kier alpha value is -1.62. The molecule has 0 aliphatic rings. The minimum Gasteiger partial charge on any atom is -0.382 e. The molecule has 1 amide bonds. The van der Waals surface area contributed by atoms with E-state index in [1.54, 1.807) is 24.1 Å². The van der Waals surface area contributed by atoms with E-state index in [1.807, 2.05) is 21.0 Å². The highest BCUT2D eigenvalue weighted by Gasteiger charge is 2.17. The maximum absolute atomic E-state index is 13.8. The molecule has 1 aromatic rings. The lowest BCUT2D eigenvalue weighted by atomic mass is 10.1. The summed E-state index contributed by atoms with van der Waals surface area (Å²) in [6.07, 6.45) is 0.890. The number of nitrogens with one attached hydrogen (secondary N) is 1. The van der Waals surface area contributed by atoms with Crippen LogP contribution in [0.25, 0.3) is 0 Å². The molecule has 0 aliphatic carbocycles. The Morgan fingerprint density at radius 2 is 1.95 bits per heavy atom. The molecule has 0 aromatic heterocycles. The van der Waals surface area contributed by atoms with E-state index in [0.717, 1.165) is 13.0 Å². The summed E-state index contributed by atoms with van der Waals surface area (Å²) >= 11 is 0. The minimum atomic E-state index is -0.389. The predicted molar refractivity (Wildman–Crippen MR) is 80.7 cm³/mol. The zero-order valence-electron chi connectivity index (χ0n) is 12.7. The van der Waals surface area contributed by atoms with Crippen molar-refractivity contribution in [2.45, 2.75) is 13.3 Å². The maximum atomic E-state index is 13.8. The fraction of sp³-hybridized carbons (Fsp3) is 0.533. The van der Waals surface area contributed by atoms with Crippen molar-refractivity contribution in [3.63, 3.8) is 0 Å². The molecule has 0 radical (unpaired) electrons. The summed E-state index contributed by atoms with van der Waals surface area (Å²) in [5, 5.41) is 2.92. The SMILES string of the molecule is CCNc1c(F)cccc1C(=O)N(C)CCCN(C)C. The van der Waals surface area contributed by atoms with Crippen LogP contribution in [0.4, 0.5) is 10.1 Å². The van der Waals surface area contributed by atoms with Crippen LogP contribution >= 0.6 is 0 Å². The molecule has 5 heteroatoms. The second-order valence-electron chi connectivity index (χ2n) is 5.08.